The lowest BCUT2D eigenvalue weighted by atomic mass is 9.78. The van der Waals surface area contributed by atoms with Crippen LogP contribution in [0.5, 0.6) is 0 Å². The quantitative estimate of drug-likeness (QED) is 0.413. The second kappa shape index (κ2) is 7.26. The lowest BCUT2D eigenvalue weighted by molar-refractivity contribution is 0.0426. The molecule has 3 nitrogen and oxygen atoms in total. The van der Waals surface area contributed by atoms with Crippen LogP contribution in [0.3, 0.4) is 0 Å². The molecule has 0 spiro atoms. The van der Waals surface area contributed by atoms with Gasteiger partial charge in [-0.05, 0) is 26.1 Å². The van der Waals surface area contributed by atoms with E-state index >= 15 is 0 Å². The summed E-state index contributed by atoms with van der Waals surface area (Å²) in [5.74, 6) is 0. The van der Waals surface area contributed by atoms with E-state index in [0.717, 1.165) is 19.3 Å². The molecule has 1 unspecified atom stereocenters. The normalized spacial score (nSPS) is 15.2. The molecule has 0 aromatic carbocycles. The molecule has 0 amide bonds. The van der Waals surface area contributed by atoms with Gasteiger partial charge in [0, 0.05) is 0 Å². The van der Waals surface area contributed by atoms with Crippen LogP contribution in [0, 0.1) is 0 Å². The summed E-state index contributed by atoms with van der Waals surface area (Å²) >= 11 is 0. The van der Waals surface area contributed by atoms with E-state index in [9.17, 15) is 5.11 Å². The van der Waals surface area contributed by atoms with Crippen LogP contribution < -0.4 is 0 Å². The standard InChI is InChI=1S/C10H23BO3/c1-3-4-5-6-7-10(2,12)8-9-11(13)14/h12-14H,3-9H2,1-2H3. The van der Waals surface area contributed by atoms with E-state index in [0.29, 0.717) is 6.42 Å². The van der Waals surface area contributed by atoms with Crippen molar-refractivity contribution in [3.05, 3.63) is 0 Å². The van der Waals surface area contributed by atoms with Gasteiger partial charge in [-0.25, -0.2) is 0 Å². The van der Waals surface area contributed by atoms with Crippen LogP contribution >= 0.6 is 0 Å². The molecule has 0 heterocycles. The largest absolute Gasteiger partial charge is 0.451 e. The second-order valence-electron chi connectivity index (χ2n) is 4.33. The van der Waals surface area contributed by atoms with Crippen LogP contribution in [0.15, 0.2) is 0 Å². The predicted molar refractivity (Wildman–Crippen MR) is 59.0 cm³/mol. The van der Waals surface area contributed by atoms with Gasteiger partial charge in [-0.3, -0.25) is 0 Å². The van der Waals surface area contributed by atoms with Crippen molar-refractivity contribution in [1.29, 1.82) is 0 Å². The molecule has 0 fully saturated rings. The Morgan fingerprint density at radius 3 is 2.21 bits per heavy atom. The van der Waals surface area contributed by atoms with Crippen molar-refractivity contribution in [2.75, 3.05) is 0 Å². The van der Waals surface area contributed by atoms with Crippen molar-refractivity contribution in [2.24, 2.45) is 0 Å². The van der Waals surface area contributed by atoms with Crippen molar-refractivity contribution >= 4 is 7.12 Å². The first-order valence-corrected chi connectivity index (χ1v) is 5.56. The van der Waals surface area contributed by atoms with Crippen LogP contribution in [0.2, 0.25) is 6.32 Å². The Bertz CT molecular complexity index is 137. The fourth-order valence-electron chi connectivity index (χ4n) is 1.50. The molecule has 14 heavy (non-hydrogen) atoms. The highest BCUT2D eigenvalue weighted by Crippen LogP contribution is 2.21. The van der Waals surface area contributed by atoms with Gasteiger partial charge in [0.2, 0.25) is 0 Å². The minimum Gasteiger partial charge on any atom is -0.427 e. The van der Waals surface area contributed by atoms with Crippen LogP contribution in [0.1, 0.15) is 52.4 Å². The summed E-state index contributed by atoms with van der Waals surface area (Å²) in [5, 5.41) is 27.2. The maximum Gasteiger partial charge on any atom is 0.451 e. The monoisotopic (exact) mass is 202 g/mol. The smallest absolute Gasteiger partial charge is 0.427 e. The van der Waals surface area contributed by atoms with E-state index in [1.165, 1.54) is 12.8 Å². The van der Waals surface area contributed by atoms with Gasteiger partial charge >= 0.3 is 7.12 Å². The van der Waals surface area contributed by atoms with Crippen molar-refractivity contribution in [2.45, 2.75) is 64.3 Å². The molecule has 0 aromatic rings. The molecule has 0 rings (SSSR count). The van der Waals surface area contributed by atoms with E-state index in [2.05, 4.69) is 6.92 Å². The molecular weight excluding hydrogens is 179 g/mol. The van der Waals surface area contributed by atoms with E-state index in [1.54, 1.807) is 6.92 Å². The highest BCUT2D eigenvalue weighted by molar-refractivity contribution is 6.40. The Hall–Kier alpha value is -0.0551. The number of hydrogen-bond donors (Lipinski definition) is 3. The summed E-state index contributed by atoms with van der Waals surface area (Å²) in [6.45, 7) is 3.92. The van der Waals surface area contributed by atoms with Crippen LogP contribution in [-0.2, 0) is 0 Å². The lowest BCUT2D eigenvalue weighted by Gasteiger charge is -2.22. The Labute approximate surface area is 87.3 Å². The van der Waals surface area contributed by atoms with Gasteiger partial charge in [0.05, 0.1) is 5.60 Å². The van der Waals surface area contributed by atoms with Gasteiger partial charge in [0.15, 0.2) is 0 Å². The average molecular weight is 202 g/mol. The van der Waals surface area contributed by atoms with Gasteiger partial charge in [0.1, 0.15) is 0 Å². The molecule has 0 saturated heterocycles. The molecule has 84 valence electrons. The second-order valence-corrected chi connectivity index (χ2v) is 4.33. The van der Waals surface area contributed by atoms with Gasteiger partial charge in [-0.2, -0.15) is 0 Å². The average Bonchev–Trinajstić information content (AvgIpc) is 2.10. The fraction of sp³-hybridized carbons (Fsp3) is 1.00. The minimum absolute atomic E-state index is 0.251. The van der Waals surface area contributed by atoms with Gasteiger partial charge in [0.25, 0.3) is 0 Å². The molecule has 0 aromatic heterocycles. The van der Waals surface area contributed by atoms with E-state index in [-0.39, 0.29) is 6.32 Å². The van der Waals surface area contributed by atoms with Crippen LogP contribution in [-0.4, -0.2) is 27.9 Å². The Kier molecular flexibility index (Phi) is 7.24. The van der Waals surface area contributed by atoms with E-state index in [4.69, 9.17) is 10.0 Å². The SMILES string of the molecule is CCCCCCC(C)(O)CCB(O)O. The van der Waals surface area contributed by atoms with E-state index in [1.807, 2.05) is 0 Å². The summed E-state index contributed by atoms with van der Waals surface area (Å²) < 4.78 is 0. The summed E-state index contributed by atoms with van der Waals surface area (Å²) in [7, 11) is -1.29. The first-order valence-electron chi connectivity index (χ1n) is 5.56. The number of rotatable bonds is 8. The van der Waals surface area contributed by atoms with Crippen molar-refractivity contribution in [1.82, 2.24) is 0 Å². The Morgan fingerprint density at radius 1 is 1.07 bits per heavy atom. The molecule has 4 heteroatoms. The summed E-state index contributed by atoms with van der Waals surface area (Å²) in [5.41, 5.74) is -0.739. The zero-order valence-electron chi connectivity index (χ0n) is 9.37. The summed E-state index contributed by atoms with van der Waals surface area (Å²) in [6.07, 6.45) is 6.02. The maximum absolute atomic E-state index is 9.84. The lowest BCUT2D eigenvalue weighted by Crippen LogP contribution is -2.26. The third-order valence-electron chi connectivity index (χ3n) is 2.51. The Morgan fingerprint density at radius 2 is 1.71 bits per heavy atom. The van der Waals surface area contributed by atoms with Crippen LogP contribution in [0.25, 0.3) is 0 Å². The molecule has 0 saturated carbocycles. The molecule has 0 aliphatic carbocycles. The van der Waals surface area contributed by atoms with Crippen molar-refractivity contribution in [3.63, 3.8) is 0 Å². The van der Waals surface area contributed by atoms with Gasteiger partial charge in [-0.15, -0.1) is 0 Å². The molecule has 0 aliphatic rings. The number of aliphatic hydroxyl groups is 1. The molecule has 0 aliphatic heterocycles. The Balaban J connectivity index is 3.50. The molecule has 3 N–H and O–H groups in total. The first-order chi connectivity index (χ1) is 6.48. The topological polar surface area (TPSA) is 60.7 Å². The third kappa shape index (κ3) is 8.54. The zero-order valence-corrected chi connectivity index (χ0v) is 9.37. The third-order valence-corrected chi connectivity index (χ3v) is 2.51. The number of unbranched alkanes of at least 4 members (excludes halogenated alkanes) is 3. The molecule has 1 atom stereocenters. The first kappa shape index (κ1) is 13.9. The maximum atomic E-state index is 9.84. The van der Waals surface area contributed by atoms with Gasteiger partial charge < -0.3 is 15.2 Å². The van der Waals surface area contributed by atoms with Crippen molar-refractivity contribution < 1.29 is 15.2 Å². The number of hydrogen-bond acceptors (Lipinski definition) is 3. The molecule has 0 radical (unpaired) electrons. The summed E-state index contributed by atoms with van der Waals surface area (Å²) in [4.78, 5) is 0. The van der Waals surface area contributed by atoms with Crippen LogP contribution in [0.4, 0.5) is 0 Å². The highest BCUT2D eigenvalue weighted by Gasteiger charge is 2.22. The van der Waals surface area contributed by atoms with Gasteiger partial charge in [-0.1, -0.05) is 32.6 Å². The zero-order chi connectivity index (χ0) is 11.0. The fourth-order valence-corrected chi connectivity index (χ4v) is 1.50. The van der Waals surface area contributed by atoms with E-state index < -0.39 is 12.7 Å². The molecular formula is C10H23BO3. The highest BCUT2D eigenvalue weighted by atomic mass is 16.4. The van der Waals surface area contributed by atoms with Crippen molar-refractivity contribution in [3.8, 4) is 0 Å². The molecule has 0 bridgehead atoms. The summed E-state index contributed by atoms with van der Waals surface area (Å²) in [6, 6.07) is 0. The predicted octanol–water partition coefficient (Wildman–Crippen LogP) is 1.57. The minimum atomic E-state index is -1.29.